The van der Waals surface area contributed by atoms with Crippen molar-refractivity contribution < 1.29 is 57.8 Å². The standard InChI is InChI=1S/C23H17ClO4.C23H20O4S.C21H16O4S/c24-16-11-9-15(10-12-16)23(21(25)26)27-13-22(14-28-23)19-7-3-1-5-17(19)18-6-2-4-8-20(18)22;1-2-25-21(24)23(20-12-7-13-28-20)26-14-22(15-27-23)18-10-5-3-8-16(18)17-9-4-6-11-19(17)22;22-19(23)21(18-10-5-11-26-18)24-12-20(13-25-21)16-8-3-1-6-14(16)15-7-2-4-9-17(15)20/h1-12H,13-14H2,(H,25,26);3-13H,2,14-15H2,1H3;1-11H,12-13H2,(H,22,23). The molecule has 0 amide bonds. The minimum Gasteiger partial charge on any atom is -0.477 e. The van der Waals surface area contributed by atoms with Gasteiger partial charge in [0.2, 0.25) is 0 Å². The Labute approximate surface area is 486 Å². The van der Waals surface area contributed by atoms with Crippen molar-refractivity contribution in [2.24, 2.45) is 0 Å². The third kappa shape index (κ3) is 8.26. The van der Waals surface area contributed by atoms with Crippen LogP contribution in [-0.4, -0.2) is 74.4 Å². The van der Waals surface area contributed by atoms with E-state index in [1.165, 1.54) is 44.9 Å². The molecule has 3 fully saturated rings. The Morgan fingerprint density at radius 1 is 0.415 bits per heavy atom. The van der Waals surface area contributed by atoms with Crippen LogP contribution in [0.1, 0.15) is 55.6 Å². The zero-order valence-corrected chi connectivity index (χ0v) is 46.6. The van der Waals surface area contributed by atoms with Gasteiger partial charge in [-0.15, -0.1) is 22.7 Å². The van der Waals surface area contributed by atoms with Crippen molar-refractivity contribution in [1.82, 2.24) is 0 Å². The molecule has 0 unspecified atom stereocenters. The third-order valence-electron chi connectivity index (χ3n) is 16.7. The van der Waals surface area contributed by atoms with Crippen molar-refractivity contribution >= 4 is 52.2 Å². The summed E-state index contributed by atoms with van der Waals surface area (Å²) >= 11 is 8.72. The zero-order chi connectivity index (χ0) is 56.3. The van der Waals surface area contributed by atoms with Crippen LogP contribution in [0.2, 0.25) is 5.02 Å². The highest BCUT2D eigenvalue weighted by Crippen LogP contribution is 2.56. The summed E-state index contributed by atoms with van der Waals surface area (Å²) in [5, 5.41) is 24.1. The molecule has 15 heteroatoms. The number of fused-ring (bicyclic) bond motifs is 15. The van der Waals surface area contributed by atoms with E-state index >= 15 is 0 Å². The number of esters is 1. The van der Waals surface area contributed by atoms with Crippen molar-refractivity contribution in [2.45, 2.75) is 40.5 Å². The Morgan fingerprint density at radius 3 is 1.00 bits per heavy atom. The van der Waals surface area contributed by atoms with Crippen LogP contribution in [0.4, 0.5) is 0 Å². The summed E-state index contributed by atoms with van der Waals surface area (Å²) in [4.78, 5) is 38.3. The Morgan fingerprint density at radius 2 is 0.707 bits per heavy atom. The fourth-order valence-electron chi connectivity index (χ4n) is 12.8. The second kappa shape index (κ2) is 21.0. The maximum Gasteiger partial charge on any atom is 0.372 e. The van der Waals surface area contributed by atoms with Gasteiger partial charge in [0.25, 0.3) is 5.79 Å². The minimum absolute atomic E-state index is 0.204. The lowest BCUT2D eigenvalue weighted by Gasteiger charge is -2.43. The Bertz CT molecular complexity index is 3620. The van der Waals surface area contributed by atoms with Crippen LogP contribution < -0.4 is 0 Å². The molecular formula is C67H53ClO12S2. The molecule has 5 heterocycles. The van der Waals surface area contributed by atoms with Crippen LogP contribution in [0.3, 0.4) is 0 Å². The third-order valence-corrected chi connectivity index (χ3v) is 18.8. The highest BCUT2D eigenvalue weighted by atomic mass is 35.5. The number of rotatable bonds is 7. The van der Waals surface area contributed by atoms with Crippen molar-refractivity contribution in [3.8, 4) is 33.4 Å². The number of hydrogen-bond acceptors (Lipinski definition) is 12. The predicted octanol–water partition coefficient (Wildman–Crippen LogP) is 13.1. The predicted molar refractivity (Wildman–Crippen MR) is 311 cm³/mol. The average molecular weight is 1150 g/mol. The van der Waals surface area contributed by atoms with Gasteiger partial charge in [-0.3, -0.25) is 0 Å². The first-order chi connectivity index (χ1) is 40.0. The fourth-order valence-corrected chi connectivity index (χ4v) is 14.5. The van der Waals surface area contributed by atoms with Gasteiger partial charge < -0.3 is 43.4 Å². The molecule has 82 heavy (non-hydrogen) atoms. The monoisotopic (exact) mass is 1150 g/mol. The van der Waals surface area contributed by atoms with Crippen LogP contribution in [0.25, 0.3) is 33.4 Å². The number of carboxylic acid groups (broad SMARTS) is 2. The lowest BCUT2D eigenvalue weighted by atomic mass is 9.78. The van der Waals surface area contributed by atoms with E-state index in [9.17, 15) is 24.6 Å². The summed E-state index contributed by atoms with van der Waals surface area (Å²) in [7, 11) is 0. The first-order valence-electron chi connectivity index (χ1n) is 26.9. The molecule has 7 aromatic carbocycles. The average Bonchev–Trinajstić information content (AvgIpc) is 3.04. The van der Waals surface area contributed by atoms with Crippen molar-refractivity contribution in [3.05, 3.63) is 259 Å². The smallest absolute Gasteiger partial charge is 0.372 e. The van der Waals surface area contributed by atoms with E-state index < -0.39 is 51.5 Å². The molecule has 0 radical (unpaired) electrons. The number of benzene rings is 7. The van der Waals surface area contributed by atoms with Gasteiger partial charge in [-0.05, 0) is 109 Å². The second-order valence-electron chi connectivity index (χ2n) is 20.9. The van der Waals surface area contributed by atoms with Crippen LogP contribution in [0.15, 0.2) is 205 Å². The molecule has 6 aliphatic rings. The first kappa shape index (κ1) is 53.7. The Kier molecular flexibility index (Phi) is 13.7. The van der Waals surface area contributed by atoms with Crippen LogP contribution in [-0.2, 0) is 81.1 Å². The number of hydrogen-bond donors (Lipinski definition) is 2. The van der Waals surface area contributed by atoms with E-state index in [0.717, 1.165) is 44.5 Å². The molecule has 2 aromatic heterocycles. The number of aliphatic carboxylic acids is 2. The van der Waals surface area contributed by atoms with E-state index in [0.29, 0.717) is 33.6 Å². The van der Waals surface area contributed by atoms with Gasteiger partial charge in [0, 0.05) is 10.6 Å². The van der Waals surface area contributed by atoms with Crippen molar-refractivity contribution in [3.63, 3.8) is 0 Å². The van der Waals surface area contributed by atoms with Crippen molar-refractivity contribution in [2.75, 3.05) is 46.2 Å². The van der Waals surface area contributed by atoms with Crippen LogP contribution in [0, 0.1) is 0 Å². The Balaban J connectivity index is 0.000000116. The minimum atomic E-state index is -1.84. The van der Waals surface area contributed by atoms with Gasteiger partial charge in [-0.2, -0.15) is 0 Å². The van der Waals surface area contributed by atoms with E-state index in [2.05, 4.69) is 72.8 Å². The molecule has 2 N–H and O–H groups in total. The number of carbonyl (C=O) groups is 3. The van der Waals surface area contributed by atoms with Crippen LogP contribution in [0.5, 0.6) is 0 Å². The van der Waals surface area contributed by atoms with Crippen molar-refractivity contribution in [1.29, 1.82) is 0 Å². The summed E-state index contributed by atoms with van der Waals surface area (Å²) in [6.07, 6.45) is 0. The highest BCUT2D eigenvalue weighted by molar-refractivity contribution is 7.10. The second-order valence-corrected chi connectivity index (χ2v) is 23.2. The molecule has 0 saturated carbocycles. The summed E-state index contributed by atoms with van der Waals surface area (Å²) in [5.41, 5.74) is 12.8. The lowest BCUT2D eigenvalue weighted by Crippen LogP contribution is -2.54. The molecule has 12 nitrogen and oxygen atoms in total. The van der Waals surface area contributed by atoms with Gasteiger partial charge in [0.05, 0.1) is 72.2 Å². The van der Waals surface area contributed by atoms with Gasteiger partial charge in [0.1, 0.15) is 0 Å². The molecule has 3 aliphatic carbocycles. The topological polar surface area (TPSA) is 156 Å². The van der Waals surface area contributed by atoms with E-state index in [4.69, 9.17) is 44.8 Å². The SMILES string of the molecule is CCOC(=O)C1(c2cccs2)OCC2(CO1)c1ccccc1-c1ccccc12.O=C(O)C1(c2ccc(Cl)cc2)OCC2(CO1)c1ccccc1-c1ccccc12.O=C(O)C1(c2cccs2)OCC2(CO1)c1ccccc1-c1ccccc12. The molecule has 3 aliphatic heterocycles. The summed E-state index contributed by atoms with van der Waals surface area (Å²) in [6, 6.07) is 63.3. The fraction of sp³-hybridized carbons (Fsp3) is 0.209. The van der Waals surface area contributed by atoms with E-state index in [1.807, 2.05) is 102 Å². The molecule has 3 saturated heterocycles. The van der Waals surface area contributed by atoms with Crippen LogP contribution >= 0.6 is 34.3 Å². The molecule has 15 rings (SSSR count). The first-order valence-corrected chi connectivity index (χ1v) is 29.0. The number of thiophene rings is 2. The molecule has 9 aromatic rings. The number of carboxylic acids is 2. The Hall–Kier alpha value is -7.60. The van der Waals surface area contributed by atoms with Gasteiger partial charge in [-0.1, -0.05) is 181 Å². The quantitative estimate of drug-likeness (QED) is 0.146. The van der Waals surface area contributed by atoms with Gasteiger partial charge in [0.15, 0.2) is 0 Å². The molecule has 412 valence electrons. The normalized spacial score (nSPS) is 21.0. The maximum absolute atomic E-state index is 12.8. The number of ether oxygens (including phenoxy) is 7. The number of halogens is 1. The number of carbonyl (C=O) groups excluding carboxylic acids is 1. The van der Waals surface area contributed by atoms with Gasteiger partial charge in [-0.25, -0.2) is 14.4 Å². The molecule has 0 atom stereocenters. The molecular weight excluding hydrogens is 1100 g/mol. The van der Waals surface area contributed by atoms with E-state index in [-0.39, 0.29) is 33.0 Å². The lowest BCUT2D eigenvalue weighted by molar-refractivity contribution is -0.288. The molecule has 0 bridgehead atoms. The summed E-state index contributed by atoms with van der Waals surface area (Å²) in [5.74, 6) is -7.86. The zero-order valence-electron chi connectivity index (χ0n) is 44.3. The molecule has 3 spiro atoms. The maximum atomic E-state index is 12.8. The highest BCUT2D eigenvalue weighted by Gasteiger charge is 2.59. The summed E-state index contributed by atoms with van der Waals surface area (Å²) < 4.78 is 42.0. The van der Waals surface area contributed by atoms with E-state index in [1.54, 1.807) is 37.3 Å². The summed E-state index contributed by atoms with van der Waals surface area (Å²) in [6.45, 7) is 3.67. The largest absolute Gasteiger partial charge is 0.477 e. The van der Waals surface area contributed by atoms with Gasteiger partial charge >= 0.3 is 29.5 Å².